The molecule has 3 heteroatoms. The number of likely N-dealkylation sites (N-methyl/N-ethyl adjacent to an activating group) is 1. The molecule has 118 valence electrons. The number of methoxy groups -OCH3 is 1. The molecule has 0 aliphatic heterocycles. The van der Waals surface area contributed by atoms with Crippen molar-refractivity contribution in [3.8, 4) is 5.75 Å². The minimum Gasteiger partial charge on any atom is -0.497 e. The molecule has 0 radical (unpaired) electrons. The largest absolute Gasteiger partial charge is 0.497 e. The van der Waals surface area contributed by atoms with Gasteiger partial charge in [0.15, 0.2) is 0 Å². The van der Waals surface area contributed by atoms with Gasteiger partial charge in [-0.3, -0.25) is 0 Å². The van der Waals surface area contributed by atoms with Crippen LogP contribution in [-0.2, 0) is 5.54 Å². The highest BCUT2D eigenvalue weighted by molar-refractivity contribution is 5.35. The molecule has 2 atom stereocenters. The Balaban J connectivity index is 3.32. The minimum absolute atomic E-state index is 0.256. The van der Waals surface area contributed by atoms with Crippen LogP contribution in [0.4, 0.5) is 0 Å². The lowest BCUT2D eigenvalue weighted by Gasteiger charge is -2.42. The third-order valence-electron chi connectivity index (χ3n) is 3.98. The molecule has 21 heavy (non-hydrogen) atoms. The first-order valence-corrected chi connectivity index (χ1v) is 7.59. The molecule has 0 spiro atoms. The van der Waals surface area contributed by atoms with Gasteiger partial charge >= 0.3 is 0 Å². The van der Waals surface area contributed by atoms with Gasteiger partial charge in [0.2, 0.25) is 0 Å². The number of ether oxygens (including phenoxy) is 1. The van der Waals surface area contributed by atoms with Crippen LogP contribution in [0.15, 0.2) is 36.4 Å². The van der Waals surface area contributed by atoms with Gasteiger partial charge in [-0.25, -0.2) is 0 Å². The summed E-state index contributed by atoms with van der Waals surface area (Å²) in [6.45, 7) is 8.32. The highest BCUT2D eigenvalue weighted by Crippen LogP contribution is 2.35. The van der Waals surface area contributed by atoms with Crippen LogP contribution in [0.3, 0.4) is 0 Å². The van der Waals surface area contributed by atoms with Crippen LogP contribution in [0.5, 0.6) is 5.75 Å². The van der Waals surface area contributed by atoms with Crippen LogP contribution in [0.1, 0.15) is 38.7 Å². The van der Waals surface area contributed by atoms with E-state index in [1.54, 1.807) is 7.11 Å². The van der Waals surface area contributed by atoms with E-state index in [2.05, 4.69) is 44.6 Å². The maximum atomic E-state index is 6.92. The molecule has 0 aliphatic rings. The smallest absolute Gasteiger partial charge is 0.119 e. The van der Waals surface area contributed by atoms with Crippen molar-refractivity contribution in [3.63, 3.8) is 0 Å². The lowest BCUT2D eigenvalue weighted by molar-refractivity contribution is 0.162. The van der Waals surface area contributed by atoms with Gasteiger partial charge in [0.1, 0.15) is 5.75 Å². The molecule has 1 aromatic carbocycles. The fraction of sp³-hybridized carbons (Fsp3) is 0.556. The number of hydrogen-bond acceptors (Lipinski definition) is 3. The molecule has 2 unspecified atom stereocenters. The molecule has 0 aromatic heterocycles. The van der Waals surface area contributed by atoms with E-state index in [-0.39, 0.29) is 6.04 Å². The molecular weight excluding hydrogens is 260 g/mol. The normalized spacial score (nSPS) is 15.6. The summed E-state index contributed by atoms with van der Waals surface area (Å²) in [4.78, 5) is 2.23. The zero-order valence-electron chi connectivity index (χ0n) is 14.1. The topological polar surface area (TPSA) is 38.5 Å². The van der Waals surface area contributed by atoms with E-state index in [4.69, 9.17) is 10.5 Å². The number of nitrogens with two attached hydrogens (primary N) is 1. The Morgan fingerprint density at radius 2 is 2.10 bits per heavy atom. The van der Waals surface area contributed by atoms with Gasteiger partial charge in [-0.05, 0) is 51.6 Å². The Kier molecular flexibility index (Phi) is 6.43. The molecule has 3 nitrogen and oxygen atoms in total. The Bertz CT molecular complexity index is 470. The van der Waals surface area contributed by atoms with E-state index in [1.165, 1.54) is 0 Å². The molecule has 1 rings (SSSR count). The first-order chi connectivity index (χ1) is 9.85. The van der Waals surface area contributed by atoms with Crippen LogP contribution in [-0.4, -0.2) is 32.1 Å². The van der Waals surface area contributed by atoms with Crippen molar-refractivity contribution in [2.24, 2.45) is 5.73 Å². The average Bonchev–Trinajstić information content (AvgIpc) is 2.43. The number of nitrogens with zero attached hydrogens (tertiary/aromatic N) is 1. The van der Waals surface area contributed by atoms with Gasteiger partial charge in [-0.1, -0.05) is 31.1 Å². The number of benzene rings is 1. The van der Waals surface area contributed by atoms with Crippen molar-refractivity contribution in [2.75, 3.05) is 21.2 Å². The maximum Gasteiger partial charge on any atom is 0.119 e. The van der Waals surface area contributed by atoms with Crippen molar-refractivity contribution in [3.05, 3.63) is 42.0 Å². The summed E-state index contributed by atoms with van der Waals surface area (Å²) in [5.41, 5.74) is 8.67. The highest BCUT2D eigenvalue weighted by atomic mass is 16.5. The highest BCUT2D eigenvalue weighted by Gasteiger charge is 2.37. The Labute approximate surface area is 129 Å². The zero-order valence-corrected chi connectivity index (χ0v) is 14.1. The van der Waals surface area contributed by atoms with Gasteiger partial charge in [-0.2, -0.15) is 0 Å². The second-order valence-corrected chi connectivity index (χ2v) is 6.17. The fourth-order valence-corrected chi connectivity index (χ4v) is 3.07. The summed E-state index contributed by atoms with van der Waals surface area (Å²) in [7, 11) is 5.88. The molecular formula is C18H30N2O. The SMILES string of the molecule is C=C(C)CC(N)(c1cccc(OC)c1)C(CCC)N(C)C. The van der Waals surface area contributed by atoms with Gasteiger partial charge < -0.3 is 15.4 Å². The van der Waals surface area contributed by atoms with Gasteiger partial charge in [0.05, 0.1) is 12.6 Å². The first-order valence-electron chi connectivity index (χ1n) is 7.59. The molecule has 0 amide bonds. The third kappa shape index (κ3) is 4.32. The number of rotatable bonds is 8. The summed E-state index contributed by atoms with van der Waals surface area (Å²) in [5.74, 6) is 0.845. The van der Waals surface area contributed by atoms with Crippen molar-refractivity contribution in [1.82, 2.24) is 4.90 Å². The van der Waals surface area contributed by atoms with Crippen molar-refractivity contribution in [1.29, 1.82) is 0 Å². The summed E-state index contributed by atoms with van der Waals surface area (Å²) in [6, 6.07) is 8.36. The standard InChI is InChI=1S/C18H30N2O/c1-7-9-17(20(4)5)18(19,13-14(2)3)15-10-8-11-16(12-15)21-6/h8,10-12,17H,2,7,9,13,19H2,1,3-6H3. The van der Waals surface area contributed by atoms with Crippen molar-refractivity contribution < 1.29 is 4.74 Å². The average molecular weight is 290 g/mol. The Morgan fingerprint density at radius 1 is 1.43 bits per heavy atom. The van der Waals surface area contributed by atoms with Crippen LogP contribution in [0, 0.1) is 0 Å². The van der Waals surface area contributed by atoms with Crippen LogP contribution in [0.25, 0.3) is 0 Å². The summed E-state index contributed by atoms with van der Waals surface area (Å²) >= 11 is 0. The van der Waals surface area contributed by atoms with E-state index < -0.39 is 5.54 Å². The second kappa shape index (κ2) is 7.62. The number of hydrogen-bond donors (Lipinski definition) is 1. The van der Waals surface area contributed by atoms with Crippen LogP contribution >= 0.6 is 0 Å². The zero-order chi connectivity index (χ0) is 16.0. The molecule has 0 heterocycles. The first kappa shape index (κ1) is 17.7. The predicted molar refractivity (Wildman–Crippen MR) is 90.7 cm³/mol. The minimum atomic E-state index is -0.458. The quantitative estimate of drug-likeness (QED) is 0.744. The monoisotopic (exact) mass is 290 g/mol. The summed E-state index contributed by atoms with van der Waals surface area (Å²) < 4.78 is 5.36. The molecule has 0 aliphatic carbocycles. The molecule has 0 saturated heterocycles. The van der Waals surface area contributed by atoms with Crippen LogP contribution in [0.2, 0.25) is 0 Å². The van der Waals surface area contributed by atoms with E-state index in [9.17, 15) is 0 Å². The molecule has 0 saturated carbocycles. The lowest BCUT2D eigenvalue weighted by Crippen LogP contribution is -2.54. The van der Waals surface area contributed by atoms with E-state index >= 15 is 0 Å². The third-order valence-corrected chi connectivity index (χ3v) is 3.98. The van der Waals surface area contributed by atoms with E-state index in [0.717, 1.165) is 36.1 Å². The fourth-order valence-electron chi connectivity index (χ4n) is 3.07. The Morgan fingerprint density at radius 3 is 2.57 bits per heavy atom. The molecule has 1 aromatic rings. The Hall–Kier alpha value is -1.32. The van der Waals surface area contributed by atoms with E-state index in [1.807, 2.05) is 19.1 Å². The second-order valence-electron chi connectivity index (χ2n) is 6.17. The molecule has 0 fully saturated rings. The van der Waals surface area contributed by atoms with Crippen molar-refractivity contribution >= 4 is 0 Å². The predicted octanol–water partition coefficient (Wildman–Crippen LogP) is 3.55. The summed E-state index contributed by atoms with van der Waals surface area (Å²) in [5, 5.41) is 0. The van der Waals surface area contributed by atoms with Crippen LogP contribution < -0.4 is 10.5 Å². The lowest BCUT2D eigenvalue weighted by atomic mass is 9.76. The molecule has 2 N–H and O–H groups in total. The van der Waals surface area contributed by atoms with Gasteiger partial charge in [-0.15, -0.1) is 6.58 Å². The van der Waals surface area contributed by atoms with Gasteiger partial charge in [0.25, 0.3) is 0 Å². The van der Waals surface area contributed by atoms with Gasteiger partial charge in [0, 0.05) is 6.04 Å². The molecule has 0 bridgehead atoms. The summed E-state index contributed by atoms with van der Waals surface area (Å²) in [6.07, 6.45) is 2.92. The van der Waals surface area contributed by atoms with Crippen molar-refractivity contribution in [2.45, 2.75) is 44.7 Å². The van der Waals surface area contributed by atoms with E-state index in [0.29, 0.717) is 0 Å². The maximum absolute atomic E-state index is 6.92.